The molecule has 0 saturated carbocycles. The maximum atomic E-state index is 12.4. The van der Waals surface area contributed by atoms with E-state index in [0.29, 0.717) is 23.3 Å². The summed E-state index contributed by atoms with van der Waals surface area (Å²) >= 11 is 0. The fourth-order valence-corrected chi connectivity index (χ4v) is 2.39. The van der Waals surface area contributed by atoms with Crippen LogP contribution < -0.4 is 10.6 Å². The van der Waals surface area contributed by atoms with Crippen molar-refractivity contribution in [2.45, 2.75) is 6.04 Å². The molecule has 9 nitrogen and oxygen atoms in total. The molecule has 0 heterocycles. The average molecular weight is 410 g/mol. The van der Waals surface area contributed by atoms with Gasteiger partial charge in [-0.1, -0.05) is 42.5 Å². The van der Waals surface area contributed by atoms with E-state index in [1.807, 2.05) is 0 Å². The first-order valence-electron chi connectivity index (χ1n) is 8.70. The number of carbonyl (C=O) groups is 5. The van der Waals surface area contributed by atoms with Crippen LogP contribution >= 0.6 is 0 Å². The van der Waals surface area contributed by atoms with E-state index in [2.05, 4.69) is 10.6 Å². The van der Waals surface area contributed by atoms with E-state index < -0.39 is 36.3 Å². The molecule has 2 aromatic carbocycles. The van der Waals surface area contributed by atoms with E-state index in [-0.39, 0.29) is 11.3 Å². The van der Waals surface area contributed by atoms with E-state index in [1.165, 1.54) is 24.3 Å². The lowest BCUT2D eigenvalue weighted by Crippen LogP contribution is -2.48. The molecule has 0 fully saturated rings. The Balaban J connectivity index is 1.97. The van der Waals surface area contributed by atoms with Crippen molar-refractivity contribution in [1.29, 1.82) is 0 Å². The number of carboxylic acids is 2. The van der Waals surface area contributed by atoms with Gasteiger partial charge in [0.15, 0.2) is 5.78 Å². The van der Waals surface area contributed by atoms with Gasteiger partial charge in [0, 0.05) is 35.4 Å². The number of amides is 2. The molecule has 0 unspecified atom stereocenters. The number of carboxylic acid groups (broad SMARTS) is 2. The summed E-state index contributed by atoms with van der Waals surface area (Å²) in [6.45, 7) is -0.425. The summed E-state index contributed by atoms with van der Waals surface area (Å²) in [5.41, 5.74) is 1.09. The first kappa shape index (κ1) is 22.0. The minimum absolute atomic E-state index is 0.195. The first-order valence-corrected chi connectivity index (χ1v) is 8.70. The van der Waals surface area contributed by atoms with Crippen molar-refractivity contribution in [3.8, 4) is 0 Å². The maximum Gasteiger partial charge on any atom is 0.328 e. The lowest BCUT2D eigenvalue weighted by atomic mass is 10.0. The van der Waals surface area contributed by atoms with Crippen LogP contribution in [0, 0.1) is 0 Å². The van der Waals surface area contributed by atoms with Crippen molar-refractivity contribution < 1.29 is 34.2 Å². The molecular formula is C21H18N2O7. The molecule has 0 aliphatic heterocycles. The largest absolute Gasteiger partial charge is 0.480 e. The number of benzene rings is 2. The zero-order valence-electron chi connectivity index (χ0n) is 15.6. The van der Waals surface area contributed by atoms with Gasteiger partial charge in [0.05, 0.1) is 0 Å². The Morgan fingerprint density at radius 2 is 1.37 bits per heavy atom. The minimum Gasteiger partial charge on any atom is -0.480 e. The summed E-state index contributed by atoms with van der Waals surface area (Å²) in [5, 5.41) is 22.1. The van der Waals surface area contributed by atoms with E-state index in [4.69, 9.17) is 10.2 Å². The van der Waals surface area contributed by atoms with Crippen molar-refractivity contribution in [2.75, 3.05) is 6.54 Å². The third-order valence-electron chi connectivity index (χ3n) is 3.90. The number of rotatable bonds is 9. The zero-order chi connectivity index (χ0) is 22.1. The molecule has 30 heavy (non-hydrogen) atoms. The number of hydrogen-bond donors (Lipinski definition) is 4. The molecule has 2 aromatic rings. The summed E-state index contributed by atoms with van der Waals surface area (Å²) in [7, 11) is 0. The minimum atomic E-state index is -1.46. The highest BCUT2D eigenvalue weighted by Crippen LogP contribution is 2.11. The topological polar surface area (TPSA) is 150 Å². The molecule has 0 saturated heterocycles. The van der Waals surface area contributed by atoms with Crippen molar-refractivity contribution in [1.82, 2.24) is 10.6 Å². The SMILES string of the molecule is O=C(O)/C=C/C(=O)N[C@H](CNC(=O)c1ccc(C(=O)c2ccccc2)cc1)C(=O)O. The van der Waals surface area contributed by atoms with Gasteiger partial charge in [-0.05, 0) is 12.1 Å². The third-order valence-corrected chi connectivity index (χ3v) is 3.90. The number of aliphatic carboxylic acids is 2. The highest BCUT2D eigenvalue weighted by molar-refractivity contribution is 6.09. The molecule has 0 aromatic heterocycles. The summed E-state index contributed by atoms with van der Waals surface area (Å²) in [5.74, 6) is -4.50. The predicted molar refractivity (Wildman–Crippen MR) is 105 cm³/mol. The second-order valence-electron chi connectivity index (χ2n) is 6.05. The molecule has 9 heteroatoms. The lowest BCUT2D eigenvalue weighted by Gasteiger charge is -2.14. The Morgan fingerprint density at radius 1 is 0.800 bits per heavy atom. The fraction of sp³-hybridized carbons (Fsp3) is 0.0952. The van der Waals surface area contributed by atoms with Gasteiger partial charge in [-0.3, -0.25) is 14.4 Å². The second-order valence-corrected chi connectivity index (χ2v) is 6.05. The van der Waals surface area contributed by atoms with Gasteiger partial charge in [0.2, 0.25) is 5.91 Å². The van der Waals surface area contributed by atoms with E-state index in [1.54, 1.807) is 30.3 Å². The monoisotopic (exact) mass is 410 g/mol. The summed E-state index contributed by atoms with van der Waals surface area (Å²) in [4.78, 5) is 57.7. The van der Waals surface area contributed by atoms with Crippen LogP contribution in [0.3, 0.4) is 0 Å². The standard InChI is InChI=1S/C21H18N2O7/c24-17(10-11-18(25)26)23-16(21(29)30)12-22-20(28)15-8-6-14(7-9-15)19(27)13-4-2-1-3-5-13/h1-11,16H,12H2,(H,22,28)(H,23,24)(H,25,26)(H,29,30)/b11-10+/t16-/m1/s1. The van der Waals surface area contributed by atoms with Crippen LogP contribution in [-0.4, -0.2) is 52.3 Å². The van der Waals surface area contributed by atoms with Gasteiger partial charge in [0.25, 0.3) is 5.91 Å². The van der Waals surface area contributed by atoms with Crippen molar-refractivity contribution in [3.05, 3.63) is 83.4 Å². The van der Waals surface area contributed by atoms with E-state index >= 15 is 0 Å². The number of ketones is 1. The number of carbonyl (C=O) groups excluding carboxylic acids is 3. The van der Waals surface area contributed by atoms with Gasteiger partial charge >= 0.3 is 11.9 Å². The maximum absolute atomic E-state index is 12.4. The molecule has 2 amide bonds. The van der Waals surface area contributed by atoms with Crippen LogP contribution in [0.5, 0.6) is 0 Å². The van der Waals surface area contributed by atoms with Crippen LogP contribution in [0.25, 0.3) is 0 Å². The molecule has 0 bridgehead atoms. The molecule has 0 aliphatic rings. The Kier molecular flexibility index (Phi) is 7.58. The Bertz CT molecular complexity index is 982. The zero-order valence-corrected chi connectivity index (χ0v) is 15.6. The summed E-state index contributed by atoms with van der Waals surface area (Å²) < 4.78 is 0. The number of hydrogen-bond acceptors (Lipinski definition) is 5. The normalized spacial score (nSPS) is 11.5. The molecule has 4 N–H and O–H groups in total. The molecule has 0 radical (unpaired) electrons. The molecule has 0 aliphatic carbocycles. The fourth-order valence-electron chi connectivity index (χ4n) is 2.39. The van der Waals surface area contributed by atoms with Gasteiger partial charge < -0.3 is 20.8 Å². The molecule has 2 rings (SSSR count). The quantitative estimate of drug-likeness (QED) is 0.354. The smallest absolute Gasteiger partial charge is 0.328 e. The Hall–Kier alpha value is -4.27. The van der Waals surface area contributed by atoms with E-state index in [0.717, 1.165) is 0 Å². The van der Waals surface area contributed by atoms with Crippen molar-refractivity contribution in [2.24, 2.45) is 0 Å². The van der Waals surface area contributed by atoms with Crippen LogP contribution in [-0.2, 0) is 14.4 Å². The van der Waals surface area contributed by atoms with Crippen LogP contribution in [0.1, 0.15) is 26.3 Å². The lowest BCUT2D eigenvalue weighted by molar-refractivity contribution is -0.141. The van der Waals surface area contributed by atoms with E-state index in [9.17, 15) is 24.0 Å². The summed E-state index contributed by atoms with van der Waals surface area (Å²) in [6.07, 6.45) is 1.23. The van der Waals surface area contributed by atoms with Gasteiger partial charge in [-0.2, -0.15) is 0 Å². The highest BCUT2D eigenvalue weighted by atomic mass is 16.4. The molecule has 1 atom stereocenters. The molecule has 0 spiro atoms. The molecular weight excluding hydrogens is 392 g/mol. The van der Waals surface area contributed by atoms with Crippen molar-refractivity contribution >= 4 is 29.5 Å². The third kappa shape index (κ3) is 6.41. The Labute approximate surface area is 171 Å². The first-order chi connectivity index (χ1) is 14.3. The van der Waals surface area contributed by atoms with Gasteiger partial charge in [-0.25, -0.2) is 9.59 Å². The average Bonchev–Trinajstić information content (AvgIpc) is 2.75. The molecule has 154 valence electrons. The van der Waals surface area contributed by atoms with Crippen LogP contribution in [0.15, 0.2) is 66.7 Å². The Morgan fingerprint density at radius 3 is 1.93 bits per heavy atom. The van der Waals surface area contributed by atoms with Crippen LogP contribution in [0.4, 0.5) is 0 Å². The van der Waals surface area contributed by atoms with Crippen LogP contribution in [0.2, 0.25) is 0 Å². The van der Waals surface area contributed by atoms with Crippen molar-refractivity contribution in [3.63, 3.8) is 0 Å². The highest BCUT2D eigenvalue weighted by Gasteiger charge is 2.20. The van der Waals surface area contributed by atoms with Gasteiger partial charge in [-0.15, -0.1) is 0 Å². The van der Waals surface area contributed by atoms with Gasteiger partial charge in [0.1, 0.15) is 6.04 Å². The summed E-state index contributed by atoms with van der Waals surface area (Å²) in [6, 6.07) is 13.0. The predicted octanol–water partition coefficient (Wildman–Crippen LogP) is 0.858. The number of nitrogens with one attached hydrogen (secondary N) is 2. The second kappa shape index (κ2) is 10.3.